The zero-order chi connectivity index (χ0) is 11.5. The van der Waals surface area contributed by atoms with Crippen molar-refractivity contribution in [1.82, 2.24) is 4.98 Å². The highest BCUT2D eigenvalue weighted by Gasteiger charge is 2.02. The molecule has 0 aliphatic rings. The standard InChI is InChI=1S/C13H11BrClN/c1-9-6-11(14)8-16-13(9)7-10-2-4-12(15)5-3-10/h2-6,8H,7H2,1H3. The van der Waals surface area contributed by atoms with Crippen LogP contribution in [0.4, 0.5) is 0 Å². The molecule has 2 aromatic rings. The fourth-order valence-electron chi connectivity index (χ4n) is 1.55. The number of nitrogens with zero attached hydrogens (tertiary/aromatic N) is 1. The molecule has 1 heterocycles. The lowest BCUT2D eigenvalue weighted by molar-refractivity contribution is 1.04. The molecule has 0 spiro atoms. The Morgan fingerprint density at radius 1 is 1.25 bits per heavy atom. The Hall–Kier alpha value is -0.860. The van der Waals surface area contributed by atoms with E-state index in [-0.39, 0.29) is 0 Å². The van der Waals surface area contributed by atoms with Gasteiger partial charge in [-0.05, 0) is 52.2 Å². The van der Waals surface area contributed by atoms with Crippen LogP contribution < -0.4 is 0 Å². The molecule has 1 aromatic heterocycles. The van der Waals surface area contributed by atoms with Gasteiger partial charge in [0.2, 0.25) is 0 Å². The van der Waals surface area contributed by atoms with Gasteiger partial charge in [-0.2, -0.15) is 0 Å². The Balaban J connectivity index is 2.23. The number of benzene rings is 1. The van der Waals surface area contributed by atoms with Crippen molar-refractivity contribution in [2.75, 3.05) is 0 Å². The monoisotopic (exact) mass is 295 g/mol. The minimum atomic E-state index is 0.768. The zero-order valence-electron chi connectivity index (χ0n) is 8.87. The molecule has 82 valence electrons. The molecule has 0 aliphatic heterocycles. The second kappa shape index (κ2) is 4.98. The highest BCUT2D eigenvalue weighted by atomic mass is 79.9. The summed E-state index contributed by atoms with van der Waals surface area (Å²) in [4.78, 5) is 4.42. The van der Waals surface area contributed by atoms with Crippen LogP contribution >= 0.6 is 27.5 Å². The van der Waals surface area contributed by atoms with Crippen molar-refractivity contribution in [1.29, 1.82) is 0 Å². The number of hydrogen-bond acceptors (Lipinski definition) is 1. The fraction of sp³-hybridized carbons (Fsp3) is 0.154. The Labute approximate surface area is 109 Å². The quantitative estimate of drug-likeness (QED) is 0.800. The topological polar surface area (TPSA) is 12.9 Å². The van der Waals surface area contributed by atoms with Gasteiger partial charge in [0.25, 0.3) is 0 Å². The smallest absolute Gasteiger partial charge is 0.0477 e. The van der Waals surface area contributed by atoms with E-state index in [1.165, 1.54) is 11.1 Å². The van der Waals surface area contributed by atoms with Crippen LogP contribution in [0.5, 0.6) is 0 Å². The third kappa shape index (κ3) is 2.83. The minimum Gasteiger partial charge on any atom is -0.260 e. The summed E-state index contributed by atoms with van der Waals surface area (Å²) >= 11 is 9.26. The summed E-state index contributed by atoms with van der Waals surface area (Å²) < 4.78 is 1.02. The molecule has 1 aromatic carbocycles. The Kier molecular flexibility index (Phi) is 3.62. The van der Waals surface area contributed by atoms with E-state index in [4.69, 9.17) is 11.6 Å². The zero-order valence-corrected chi connectivity index (χ0v) is 11.2. The van der Waals surface area contributed by atoms with Crippen molar-refractivity contribution in [3.8, 4) is 0 Å². The molecule has 0 radical (unpaired) electrons. The van der Waals surface area contributed by atoms with E-state index in [0.29, 0.717) is 0 Å². The molecule has 0 saturated carbocycles. The van der Waals surface area contributed by atoms with Gasteiger partial charge in [-0.25, -0.2) is 0 Å². The predicted molar refractivity (Wildman–Crippen MR) is 70.9 cm³/mol. The normalized spacial score (nSPS) is 10.4. The summed E-state index contributed by atoms with van der Waals surface area (Å²) in [5, 5.41) is 0.768. The Bertz CT molecular complexity index is 494. The number of aryl methyl sites for hydroxylation is 1. The van der Waals surface area contributed by atoms with Gasteiger partial charge in [-0.3, -0.25) is 4.98 Å². The Morgan fingerprint density at radius 2 is 1.94 bits per heavy atom. The highest BCUT2D eigenvalue weighted by molar-refractivity contribution is 9.10. The van der Waals surface area contributed by atoms with Crippen LogP contribution in [0.1, 0.15) is 16.8 Å². The van der Waals surface area contributed by atoms with Crippen molar-refractivity contribution in [2.45, 2.75) is 13.3 Å². The molecule has 0 atom stereocenters. The maximum atomic E-state index is 5.84. The van der Waals surface area contributed by atoms with Gasteiger partial charge in [-0.15, -0.1) is 0 Å². The first-order valence-corrected chi connectivity index (χ1v) is 6.18. The highest BCUT2D eigenvalue weighted by Crippen LogP contribution is 2.17. The van der Waals surface area contributed by atoms with Crippen LogP contribution in [-0.4, -0.2) is 4.98 Å². The van der Waals surface area contributed by atoms with Crippen molar-refractivity contribution < 1.29 is 0 Å². The van der Waals surface area contributed by atoms with Gasteiger partial charge in [-0.1, -0.05) is 23.7 Å². The molecular formula is C13H11BrClN. The van der Waals surface area contributed by atoms with Crippen molar-refractivity contribution in [3.05, 3.63) is 62.8 Å². The van der Waals surface area contributed by atoms with Gasteiger partial charge < -0.3 is 0 Å². The van der Waals surface area contributed by atoms with Crippen LogP contribution in [0.15, 0.2) is 41.0 Å². The van der Waals surface area contributed by atoms with Gasteiger partial charge >= 0.3 is 0 Å². The first-order valence-electron chi connectivity index (χ1n) is 5.00. The third-order valence-corrected chi connectivity index (χ3v) is 3.12. The van der Waals surface area contributed by atoms with E-state index in [9.17, 15) is 0 Å². The molecule has 0 bridgehead atoms. The fourth-order valence-corrected chi connectivity index (χ4v) is 2.12. The summed E-state index contributed by atoms with van der Waals surface area (Å²) in [6.07, 6.45) is 2.68. The maximum absolute atomic E-state index is 5.84. The van der Waals surface area contributed by atoms with Crippen LogP contribution in [0.2, 0.25) is 5.02 Å². The average Bonchev–Trinajstić information content (AvgIpc) is 2.25. The van der Waals surface area contributed by atoms with Crippen LogP contribution in [-0.2, 0) is 6.42 Å². The lowest BCUT2D eigenvalue weighted by atomic mass is 10.1. The second-order valence-corrected chi connectivity index (χ2v) is 5.07. The number of pyridine rings is 1. The molecule has 0 aliphatic carbocycles. The second-order valence-electron chi connectivity index (χ2n) is 3.72. The molecule has 3 heteroatoms. The minimum absolute atomic E-state index is 0.768. The number of halogens is 2. The first-order chi connectivity index (χ1) is 7.65. The van der Waals surface area contributed by atoms with E-state index in [1.807, 2.05) is 30.5 Å². The SMILES string of the molecule is Cc1cc(Br)cnc1Cc1ccc(Cl)cc1. The number of hydrogen-bond donors (Lipinski definition) is 0. The molecular weight excluding hydrogens is 286 g/mol. The molecule has 0 saturated heterocycles. The molecule has 0 unspecified atom stereocenters. The lowest BCUT2D eigenvalue weighted by Gasteiger charge is -2.05. The van der Waals surface area contributed by atoms with Crippen molar-refractivity contribution in [2.24, 2.45) is 0 Å². The molecule has 0 N–H and O–H groups in total. The van der Waals surface area contributed by atoms with Crippen LogP contribution in [0.25, 0.3) is 0 Å². The van der Waals surface area contributed by atoms with Crippen LogP contribution in [0.3, 0.4) is 0 Å². The molecule has 1 nitrogen and oxygen atoms in total. The Morgan fingerprint density at radius 3 is 2.56 bits per heavy atom. The van der Waals surface area contributed by atoms with Gasteiger partial charge in [0.15, 0.2) is 0 Å². The summed E-state index contributed by atoms with van der Waals surface area (Å²) in [5.41, 5.74) is 3.53. The summed E-state index contributed by atoms with van der Waals surface area (Å²) in [7, 11) is 0. The maximum Gasteiger partial charge on any atom is 0.0477 e. The summed E-state index contributed by atoms with van der Waals surface area (Å²) in [6.45, 7) is 2.07. The van der Waals surface area contributed by atoms with Crippen LogP contribution in [0, 0.1) is 6.92 Å². The average molecular weight is 297 g/mol. The van der Waals surface area contributed by atoms with Gasteiger partial charge in [0.1, 0.15) is 0 Å². The lowest BCUT2D eigenvalue weighted by Crippen LogP contribution is -1.95. The molecule has 0 fully saturated rings. The number of rotatable bonds is 2. The van der Waals surface area contributed by atoms with Crippen molar-refractivity contribution >= 4 is 27.5 Å². The van der Waals surface area contributed by atoms with Gasteiger partial charge in [0, 0.05) is 27.8 Å². The van der Waals surface area contributed by atoms with E-state index < -0.39 is 0 Å². The van der Waals surface area contributed by atoms with E-state index in [1.54, 1.807) is 0 Å². The predicted octanol–water partition coefficient (Wildman–Crippen LogP) is 4.40. The van der Waals surface area contributed by atoms with E-state index in [2.05, 4.69) is 33.9 Å². The summed E-state index contributed by atoms with van der Waals surface area (Å²) in [6, 6.07) is 9.96. The van der Waals surface area contributed by atoms with Gasteiger partial charge in [0.05, 0.1) is 0 Å². The summed E-state index contributed by atoms with van der Waals surface area (Å²) in [5.74, 6) is 0. The van der Waals surface area contributed by atoms with E-state index >= 15 is 0 Å². The molecule has 2 rings (SSSR count). The number of aromatic nitrogens is 1. The molecule has 16 heavy (non-hydrogen) atoms. The first kappa shape index (κ1) is 11.6. The third-order valence-electron chi connectivity index (χ3n) is 2.44. The largest absolute Gasteiger partial charge is 0.260 e. The molecule has 0 amide bonds. The van der Waals surface area contributed by atoms with Crippen molar-refractivity contribution in [3.63, 3.8) is 0 Å². The van der Waals surface area contributed by atoms with E-state index in [0.717, 1.165) is 21.6 Å².